The lowest BCUT2D eigenvalue weighted by Gasteiger charge is -2.12. The Hall–Kier alpha value is -1.63. The van der Waals surface area contributed by atoms with Crippen LogP contribution in [0.1, 0.15) is 38.3 Å². The van der Waals surface area contributed by atoms with Crippen LogP contribution in [0, 0.1) is 6.92 Å². The smallest absolute Gasteiger partial charge is 0.307 e. The zero-order valence-corrected chi connectivity index (χ0v) is 12.5. The van der Waals surface area contributed by atoms with Gasteiger partial charge in [-0.05, 0) is 26.7 Å². The Kier molecular flexibility index (Phi) is 6.44. The molecule has 0 fully saturated rings. The first-order chi connectivity index (χ1) is 9.40. The van der Waals surface area contributed by atoms with E-state index in [9.17, 15) is 14.4 Å². The van der Waals surface area contributed by atoms with Gasteiger partial charge in [0.05, 0.1) is 0 Å². The molecule has 0 aromatic carbocycles. The van der Waals surface area contributed by atoms with Crippen LogP contribution in [-0.2, 0) is 16.1 Å². The highest BCUT2D eigenvalue weighted by atomic mass is 32.1. The van der Waals surface area contributed by atoms with Crippen molar-refractivity contribution in [3.8, 4) is 0 Å². The third kappa shape index (κ3) is 5.56. The van der Waals surface area contributed by atoms with Crippen LogP contribution in [-0.4, -0.2) is 27.6 Å². The van der Waals surface area contributed by atoms with Crippen LogP contribution in [0.25, 0.3) is 0 Å². The van der Waals surface area contributed by atoms with Crippen molar-refractivity contribution in [3.05, 3.63) is 20.7 Å². The third-order valence-corrected chi connectivity index (χ3v) is 3.84. The highest BCUT2D eigenvalue weighted by Gasteiger charge is 2.09. The Morgan fingerprint density at radius 3 is 2.70 bits per heavy atom. The molecule has 1 aromatic rings. The van der Waals surface area contributed by atoms with Crippen LogP contribution in [0.15, 0.2) is 10.2 Å². The van der Waals surface area contributed by atoms with Gasteiger partial charge in [0.15, 0.2) is 0 Å². The molecule has 0 aliphatic rings. The number of aromatic nitrogens is 1. The average Bonchev–Trinajstić information content (AvgIpc) is 2.68. The van der Waals surface area contributed by atoms with Crippen molar-refractivity contribution in [2.24, 2.45) is 0 Å². The maximum absolute atomic E-state index is 11.7. The molecule has 2 N–H and O–H groups in total. The van der Waals surface area contributed by atoms with E-state index in [1.165, 1.54) is 0 Å². The topological polar surface area (TPSA) is 88.4 Å². The van der Waals surface area contributed by atoms with Crippen molar-refractivity contribution >= 4 is 23.2 Å². The largest absolute Gasteiger partial charge is 0.481 e. The summed E-state index contributed by atoms with van der Waals surface area (Å²) in [6.07, 6.45) is 1.39. The molecule has 7 heteroatoms. The molecule has 1 atom stereocenters. The zero-order chi connectivity index (χ0) is 15.1. The molecule has 112 valence electrons. The molecular formula is C13H20N2O4S. The normalized spacial score (nSPS) is 12.1. The minimum atomic E-state index is -0.863. The molecule has 6 nitrogen and oxygen atoms in total. The minimum Gasteiger partial charge on any atom is -0.481 e. The van der Waals surface area contributed by atoms with E-state index in [1.807, 2.05) is 6.92 Å². The van der Waals surface area contributed by atoms with Crippen LogP contribution in [0.4, 0.5) is 0 Å². The molecule has 0 spiro atoms. The van der Waals surface area contributed by atoms with Gasteiger partial charge in [-0.15, -0.1) is 0 Å². The van der Waals surface area contributed by atoms with E-state index >= 15 is 0 Å². The minimum absolute atomic E-state index is 0.00210. The first-order valence-electron chi connectivity index (χ1n) is 6.56. The summed E-state index contributed by atoms with van der Waals surface area (Å²) in [4.78, 5) is 33.5. The van der Waals surface area contributed by atoms with E-state index in [0.717, 1.165) is 17.0 Å². The first-order valence-corrected chi connectivity index (χ1v) is 7.44. The Balaban J connectivity index is 2.27. The molecule has 0 saturated heterocycles. The number of rotatable bonds is 8. The van der Waals surface area contributed by atoms with E-state index in [0.29, 0.717) is 25.8 Å². The number of carboxylic acid groups (broad SMARTS) is 1. The highest BCUT2D eigenvalue weighted by Crippen LogP contribution is 2.03. The van der Waals surface area contributed by atoms with Crippen molar-refractivity contribution in [2.45, 2.75) is 52.1 Å². The first kappa shape index (κ1) is 16.4. The number of nitrogens with one attached hydrogen (secondary N) is 1. The molecule has 0 radical (unpaired) electrons. The van der Waals surface area contributed by atoms with Crippen molar-refractivity contribution < 1.29 is 14.7 Å². The molecule has 0 aliphatic carbocycles. The number of carbonyl (C=O) groups is 2. The standard InChI is InChI=1S/C13H20N2O4S/c1-9(5-6-12(17)18)14-11(16)4-3-7-15-10(2)8-20-13(15)19/h8-9H,3-7H2,1-2H3,(H,14,16)(H,17,18). The molecule has 20 heavy (non-hydrogen) atoms. The van der Waals surface area contributed by atoms with Gasteiger partial charge in [-0.2, -0.15) is 0 Å². The number of aliphatic carboxylic acids is 1. The summed E-state index contributed by atoms with van der Waals surface area (Å²) in [5.74, 6) is -0.970. The molecule has 1 aromatic heterocycles. The van der Waals surface area contributed by atoms with Crippen molar-refractivity contribution in [3.63, 3.8) is 0 Å². The average molecular weight is 300 g/mol. The number of carbonyl (C=O) groups excluding carboxylic acids is 1. The maximum Gasteiger partial charge on any atom is 0.307 e. The Morgan fingerprint density at radius 1 is 1.45 bits per heavy atom. The maximum atomic E-state index is 11.7. The Bertz CT molecular complexity index is 521. The van der Waals surface area contributed by atoms with Crippen molar-refractivity contribution in [2.75, 3.05) is 0 Å². The summed E-state index contributed by atoms with van der Waals surface area (Å²) in [5, 5.41) is 13.1. The number of nitrogens with zero attached hydrogens (tertiary/aromatic N) is 1. The fourth-order valence-corrected chi connectivity index (χ4v) is 2.59. The van der Waals surface area contributed by atoms with E-state index in [2.05, 4.69) is 5.32 Å². The predicted octanol–water partition coefficient (Wildman–Crippen LogP) is 1.37. The summed E-state index contributed by atoms with van der Waals surface area (Å²) in [5.41, 5.74) is 0.912. The number of thiazole rings is 1. The van der Waals surface area contributed by atoms with Crippen LogP contribution >= 0.6 is 11.3 Å². The van der Waals surface area contributed by atoms with Crippen LogP contribution in [0.3, 0.4) is 0 Å². The number of hydrogen-bond donors (Lipinski definition) is 2. The van der Waals surface area contributed by atoms with E-state index in [1.54, 1.807) is 16.9 Å². The second-order valence-corrected chi connectivity index (χ2v) is 5.62. The number of aryl methyl sites for hydroxylation is 1. The van der Waals surface area contributed by atoms with Gasteiger partial charge in [0.1, 0.15) is 0 Å². The fraction of sp³-hybridized carbons (Fsp3) is 0.615. The number of amides is 1. The summed E-state index contributed by atoms with van der Waals surface area (Å²) < 4.78 is 1.66. The SMILES string of the molecule is Cc1csc(=O)n1CCCC(=O)NC(C)CCC(=O)O. The Morgan fingerprint density at radius 2 is 2.15 bits per heavy atom. The van der Waals surface area contributed by atoms with Crippen LogP contribution in [0.2, 0.25) is 0 Å². The highest BCUT2D eigenvalue weighted by molar-refractivity contribution is 7.07. The lowest BCUT2D eigenvalue weighted by molar-refractivity contribution is -0.137. The summed E-state index contributed by atoms with van der Waals surface area (Å²) >= 11 is 1.16. The van der Waals surface area contributed by atoms with Gasteiger partial charge in [-0.1, -0.05) is 11.3 Å². The summed E-state index contributed by atoms with van der Waals surface area (Å²) in [6, 6.07) is -0.149. The van der Waals surface area contributed by atoms with Crippen molar-refractivity contribution in [1.82, 2.24) is 9.88 Å². The monoisotopic (exact) mass is 300 g/mol. The lowest BCUT2D eigenvalue weighted by Crippen LogP contribution is -2.33. The van der Waals surface area contributed by atoms with E-state index < -0.39 is 5.97 Å². The molecule has 0 aliphatic heterocycles. The molecule has 1 amide bonds. The Labute approximate surface area is 121 Å². The van der Waals surface area contributed by atoms with Gasteiger partial charge in [0, 0.05) is 36.5 Å². The molecule has 0 bridgehead atoms. The van der Waals surface area contributed by atoms with Gasteiger partial charge in [-0.3, -0.25) is 14.4 Å². The van der Waals surface area contributed by atoms with Crippen LogP contribution < -0.4 is 10.2 Å². The second kappa shape index (κ2) is 7.84. The van der Waals surface area contributed by atoms with Gasteiger partial charge in [-0.25, -0.2) is 0 Å². The zero-order valence-electron chi connectivity index (χ0n) is 11.7. The van der Waals surface area contributed by atoms with Gasteiger partial charge >= 0.3 is 10.8 Å². The molecule has 0 saturated carbocycles. The molecule has 1 rings (SSSR count). The molecule has 1 heterocycles. The summed E-state index contributed by atoms with van der Waals surface area (Å²) in [7, 11) is 0. The predicted molar refractivity (Wildman–Crippen MR) is 77.0 cm³/mol. The van der Waals surface area contributed by atoms with E-state index in [4.69, 9.17) is 5.11 Å². The lowest BCUT2D eigenvalue weighted by atomic mass is 10.1. The second-order valence-electron chi connectivity index (χ2n) is 4.80. The van der Waals surface area contributed by atoms with Crippen molar-refractivity contribution in [1.29, 1.82) is 0 Å². The molecular weight excluding hydrogens is 280 g/mol. The van der Waals surface area contributed by atoms with Gasteiger partial charge in [0.25, 0.3) is 0 Å². The fourth-order valence-electron chi connectivity index (χ4n) is 1.83. The third-order valence-electron chi connectivity index (χ3n) is 2.96. The quantitative estimate of drug-likeness (QED) is 0.759. The summed E-state index contributed by atoms with van der Waals surface area (Å²) in [6.45, 7) is 4.19. The van der Waals surface area contributed by atoms with Gasteiger partial charge in [0.2, 0.25) is 5.91 Å². The van der Waals surface area contributed by atoms with Gasteiger partial charge < -0.3 is 15.0 Å². The number of hydrogen-bond acceptors (Lipinski definition) is 4. The van der Waals surface area contributed by atoms with E-state index in [-0.39, 0.29) is 23.2 Å². The molecule has 1 unspecified atom stereocenters. The number of carboxylic acids is 1. The van der Waals surface area contributed by atoms with Crippen LogP contribution in [0.5, 0.6) is 0 Å².